The lowest BCUT2D eigenvalue weighted by molar-refractivity contribution is 0.0653. The predicted octanol–water partition coefficient (Wildman–Crippen LogP) is 1.71. The highest BCUT2D eigenvalue weighted by Gasteiger charge is 2.23. The van der Waals surface area contributed by atoms with E-state index in [-0.39, 0.29) is 12.4 Å². The minimum absolute atomic E-state index is 0.0132. The summed E-state index contributed by atoms with van der Waals surface area (Å²) in [6.45, 7) is 1.80. The zero-order valence-electron chi connectivity index (χ0n) is 10.3. The van der Waals surface area contributed by atoms with Crippen LogP contribution in [0.15, 0.2) is 16.5 Å². The highest BCUT2D eigenvalue weighted by atomic mass is 16.4. The summed E-state index contributed by atoms with van der Waals surface area (Å²) >= 11 is 0. The van der Waals surface area contributed by atoms with Crippen molar-refractivity contribution in [1.29, 1.82) is 0 Å². The van der Waals surface area contributed by atoms with E-state index >= 15 is 0 Å². The van der Waals surface area contributed by atoms with Gasteiger partial charge in [0.1, 0.15) is 5.76 Å². The van der Waals surface area contributed by atoms with Crippen molar-refractivity contribution < 1.29 is 19.4 Å². The Morgan fingerprint density at radius 1 is 1.44 bits per heavy atom. The number of rotatable bonds is 5. The average molecular weight is 253 g/mol. The first-order chi connectivity index (χ1) is 8.70. The van der Waals surface area contributed by atoms with Crippen molar-refractivity contribution in [1.82, 2.24) is 4.90 Å². The average Bonchev–Trinajstić information content (AvgIpc) is 2.81. The highest BCUT2D eigenvalue weighted by Crippen LogP contribution is 2.22. The molecular weight excluding hydrogens is 234 g/mol. The molecule has 1 saturated heterocycles. The van der Waals surface area contributed by atoms with E-state index in [1.807, 2.05) is 0 Å². The van der Waals surface area contributed by atoms with E-state index in [9.17, 15) is 4.79 Å². The van der Waals surface area contributed by atoms with Crippen molar-refractivity contribution in [3.8, 4) is 0 Å². The topological polar surface area (TPSA) is 73.9 Å². The van der Waals surface area contributed by atoms with E-state index in [4.69, 9.17) is 14.6 Å². The molecule has 0 saturated carbocycles. The number of nitrogens with zero attached hydrogens (tertiary/aromatic N) is 1. The number of hydrogen-bond acceptors (Lipinski definition) is 4. The molecule has 2 N–H and O–H groups in total. The van der Waals surface area contributed by atoms with Crippen molar-refractivity contribution >= 4 is 5.97 Å². The first-order valence-electron chi connectivity index (χ1n) is 6.37. The number of carboxylic acids is 1. The van der Waals surface area contributed by atoms with Crippen molar-refractivity contribution in [3.63, 3.8) is 0 Å². The Morgan fingerprint density at radius 3 is 2.94 bits per heavy atom. The second kappa shape index (κ2) is 6.02. The largest absolute Gasteiger partial charge is 0.475 e. The molecule has 2 rings (SSSR count). The molecule has 100 valence electrons. The smallest absolute Gasteiger partial charge is 0.371 e. The fraction of sp³-hybridized carbons (Fsp3) is 0.615. The van der Waals surface area contributed by atoms with Gasteiger partial charge in [0.2, 0.25) is 5.76 Å². The quantitative estimate of drug-likeness (QED) is 0.835. The standard InChI is InChI=1S/C13H19NO4/c15-8-6-10-3-1-2-7-14(10)9-11-4-5-12(18-11)13(16)17/h4-5,10,15H,1-3,6-9H2,(H,16,17). The van der Waals surface area contributed by atoms with E-state index in [0.717, 1.165) is 25.8 Å². The lowest BCUT2D eigenvalue weighted by atomic mass is 9.99. The van der Waals surface area contributed by atoms with Gasteiger partial charge in [0.25, 0.3) is 0 Å². The number of aromatic carboxylic acids is 1. The third-order valence-corrected chi connectivity index (χ3v) is 3.44. The van der Waals surface area contributed by atoms with E-state index < -0.39 is 5.97 Å². The second-order valence-corrected chi connectivity index (χ2v) is 4.70. The summed E-state index contributed by atoms with van der Waals surface area (Å²) in [7, 11) is 0. The van der Waals surface area contributed by atoms with Gasteiger partial charge in [-0.1, -0.05) is 6.42 Å². The summed E-state index contributed by atoms with van der Waals surface area (Å²) in [6.07, 6.45) is 4.20. The molecule has 5 heteroatoms. The number of aliphatic hydroxyl groups excluding tert-OH is 1. The van der Waals surface area contributed by atoms with Gasteiger partial charge in [-0.05, 0) is 37.9 Å². The Balaban J connectivity index is 1.99. The lowest BCUT2D eigenvalue weighted by Crippen LogP contribution is -2.39. The minimum Gasteiger partial charge on any atom is -0.475 e. The molecule has 1 atom stereocenters. The van der Waals surface area contributed by atoms with Gasteiger partial charge in [0, 0.05) is 12.6 Å². The van der Waals surface area contributed by atoms with Gasteiger partial charge in [-0.25, -0.2) is 4.79 Å². The summed E-state index contributed by atoms with van der Waals surface area (Å²) in [5, 5.41) is 17.9. The molecule has 0 spiro atoms. The molecule has 1 fully saturated rings. The molecule has 1 aliphatic rings. The predicted molar refractivity (Wildman–Crippen MR) is 65.4 cm³/mol. The number of carboxylic acid groups (broad SMARTS) is 1. The van der Waals surface area contributed by atoms with E-state index in [1.54, 1.807) is 6.07 Å². The molecule has 5 nitrogen and oxygen atoms in total. The lowest BCUT2D eigenvalue weighted by Gasteiger charge is -2.34. The first kappa shape index (κ1) is 13.1. The monoisotopic (exact) mass is 253 g/mol. The molecule has 1 aromatic heterocycles. The van der Waals surface area contributed by atoms with Gasteiger partial charge in [-0.2, -0.15) is 0 Å². The zero-order valence-corrected chi connectivity index (χ0v) is 10.3. The zero-order chi connectivity index (χ0) is 13.0. The van der Waals surface area contributed by atoms with Crippen LogP contribution in [0.25, 0.3) is 0 Å². The van der Waals surface area contributed by atoms with Crippen molar-refractivity contribution in [2.24, 2.45) is 0 Å². The Morgan fingerprint density at radius 2 is 2.28 bits per heavy atom. The third-order valence-electron chi connectivity index (χ3n) is 3.44. The van der Waals surface area contributed by atoms with Gasteiger partial charge < -0.3 is 14.6 Å². The van der Waals surface area contributed by atoms with Crippen LogP contribution < -0.4 is 0 Å². The molecule has 0 radical (unpaired) electrons. The maximum absolute atomic E-state index is 10.7. The van der Waals surface area contributed by atoms with Gasteiger partial charge in [0.05, 0.1) is 6.54 Å². The fourth-order valence-electron chi connectivity index (χ4n) is 2.52. The van der Waals surface area contributed by atoms with E-state index in [0.29, 0.717) is 18.3 Å². The molecule has 0 amide bonds. The molecule has 1 unspecified atom stereocenters. The van der Waals surface area contributed by atoms with Gasteiger partial charge in [-0.15, -0.1) is 0 Å². The molecule has 18 heavy (non-hydrogen) atoms. The number of aliphatic hydroxyl groups is 1. The molecule has 1 aliphatic heterocycles. The number of carbonyl (C=O) groups is 1. The van der Waals surface area contributed by atoms with Crippen LogP contribution in [0.1, 0.15) is 42.0 Å². The van der Waals surface area contributed by atoms with Crippen LogP contribution in [0.2, 0.25) is 0 Å². The van der Waals surface area contributed by atoms with Gasteiger partial charge >= 0.3 is 5.97 Å². The molecule has 2 heterocycles. The van der Waals surface area contributed by atoms with Crippen molar-refractivity contribution in [3.05, 3.63) is 23.7 Å². The molecule has 0 bridgehead atoms. The van der Waals surface area contributed by atoms with Crippen LogP contribution in [0, 0.1) is 0 Å². The van der Waals surface area contributed by atoms with E-state index in [2.05, 4.69) is 4.90 Å². The molecule has 0 aliphatic carbocycles. The fourth-order valence-corrected chi connectivity index (χ4v) is 2.52. The maximum Gasteiger partial charge on any atom is 0.371 e. The Kier molecular flexibility index (Phi) is 4.38. The SMILES string of the molecule is O=C(O)c1ccc(CN2CCCCC2CCO)o1. The van der Waals surface area contributed by atoms with Crippen LogP contribution in [-0.2, 0) is 6.54 Å². The van der Waals surface area contributed by atoms with Crippen LogP contribution >= 0.6 is 0 Å². The van der Waals surface area contributed by atoms with E-state index in [1.165, 1.54) is 12.5 Å². The molecular formula is C13H19NO4. The summed E-state index contributed by atoms with van der Waals surface area (Å²) in [4.78, 5) is 13.0. The number of likely N-dealkylation sites (tertiary alicyclic amines) is 1. The Hall–Kier alpha value is -1.33. The molecule has 0 aromatic carbocycles. The number of hydrogen-bond donors (Lipinski definition) is 2. The summed E-state index contributed by atoms with van der Waals surface area (Å²) in [5.41, 5.74) is 0. The van der Waals surface area contributed by atoms with Crippen LogP contribution in [0.5, 0.6) is 0 Å². The van der Waals surface area contributed by atoms with Crippen LogP contribution in [0.4, 0.5) is 0 Å². The molecule has 1 aromatic rings. The third kappa shape index (κ3) is 3.11. The summed E-state index contributed by atoms with van der Waals surface area (Å²) < 4.78 is 5.27. The van der Waals surface area contributed by atoms with Crippen molar-refractivity contribution in [2.75, 3.05) is 13.2 Å². The van der Waals surface area contributed by atoms with Gasteiger partial charge in [-0.3, -0.25) is 4.90 Å². The Bertz CT molecular complexity index is 399. The van der Waals surface area contributed by atoms with Crippen LogP contribution in [-0.4, -0.2) is 40.3 Å². The van der Waals surface area contributed by atoms with Crippen LogP contribution in [0.3, 0.4) is 0 Å². The summed E-state index contributed by atoms with van der Waals surface area (Å²) in [6, 6.07) is 3.58. The normalized spacial score (nSPS) is 21.1. The second-order valence-electron chi connectivity index (χ2n) is 4.70. The van der Waals surface area contributed by atoms with Crippen molar-refractivity contribution in [2.45, 2.75) is 38.3 Å². The first-order valence-corrected chi connectivity index (χ1v) is 6.37. The maximum atomic E-state index is 10.7. The summed E-state index contributed by atoms with van der Waals surface area (Å²) in [5.74, 6) is -0.371. The minimum atomic E-state index is -1.04. The van der Waals surface area contributed by atoms with Gasteiger partial charge in [0.15, 0.2) is 0 Å². The highest BCUT2D eigenvalue weighted by molar-refractivity contribution is 5.84. The number of furan rings is 1. The number of piperidine rings is 1. The Labute approximate surface area is 106 Å².